The summed E-state index contributed by atoms with van der Waals surface area (Å²) < 4.78 is 5.84. The number of hydrogen-bond donors (Lipinski definition) is 0. The Balaban J connectivity index is 2.33. The van der Waals surface area contributed by atoms with E-state index in [0.717, 1.165) is 16.9 Å². The van der Waals surface area contributed by atoms with Crippen LogP contribution < -0.4 is 4.74 Å². The van der Waals surface area contributed by atoms with E-state index in [1.165, 1.54) is 11.6 Å². The predicted octanol–water partition coefficient (Wildman–Crippen LogP) is 4.62. The molecule has 0 aliphatic carbocycles. The van der Waals surface area contributed by atoms with E-state index in [1.54, 1.807) is 19.1 Å². The fraction of sp³-hybridized carbons (Fsp3) is 0.250. The van der Waals surface area contributed by atoms with Crippen LogP contribution in [0.4, 0.5) is 5.69 Å². The van der Waals surface area contributed by atoms with Crippen LogP contribution in [0.3, 0.4) is 0 Å². The van der Waals surface area contributed by atoms with Gasteiger partial charge in [-0.25, -0.2) is 0 Å². The molecule has 4 nitrogen and oxygen atoms in total. The van der Waals surface area contributed by atoms with Crippen molar-refractivity contribution in [1.29, 1.82) is 0 Å². The van der Waals surface area contributed by atoms with Crippen LogP contribution in [-0.2, 0) is 0 Å². The molecule has 0 unspecified atom stereocenters. The number of nitrogens with zero attached hydrogens (tertiary/aromatic N) is 1. The fourth-order valence-electron chi connectivity index (χ4n) is 2.07. The Bertz CT molecular complexity index is 678. The third-order valence-corrected chi connectivity index (χ3v) is 3.38. The molecule has 0 radical (unpaired) electrons. The van der Waals surface area contributed by atoms with Crippen molar-refractivity contribution in [3.63, 3.8) is 0 Å². The first-order valence-corrected chi connectivity index (χ1v) is 6.39. The highest BCUT2D eigenvalue weighted by Gasteiger charge is 2.12. The number of rotatable bonds is 3. The normalized spacial score (nSPS) is 10.4. The number of aryl methyl sites for hydroxylation is 4. The molecule has 0 aliphatic rings. The summed E-state index contributed by atoms with van der Waals surface area (Å²) in [5.74, 6) is 1.39. The van der Waals surface area contributed by atoms with E-state index in [-0.39, 0.29) is 10.6 Å². The van der Waals surface area contributed by atoms with Crippen LogP contribution in [0.1, 0.15) is 22.3 Å². The molecule has 0 atom stereocenters. The zero-order valence-corrected chi connectivity index (χ0v) is 12.1. The van der Waals surface area contributed by atoms with Crippen LogP contribution in [0, 0.1) is 37.8 Å². The second-order valence-electron chi connectivity index (χ2n) is 5.01. The topological polar surface area (TPSA) is 52.4 Å². The minimum absolute atomic E-state index is 0.106. The SMILES string of the molecule is Cc1cc(C)c(Oc2ccc([N+](=O)[O-])c(C)c2)cc1C. The lowest BCUT2D eigenvalue weighted by Gasteiger charge is -2.12. The van der Waals surface area contributed by atoms with E-state index in [4.69, 9.17) is 4.74 Å². The largest absolute Gasteiger partial charge is 0.457 e. The third-order valence-electron chi connectivity index (χ3n) is 3.38. The van der Waals surface area contributed by atoms with E-state index >= 15 is 0 Å². The maximum Gasteiger partial charge on any atom is 0.272 e. The van der Waals surface area contributed by atoms with Crippen LogP contribution in [-0.4, -0.2) is 4.92 Å². The first-order valence-electron chi connectivity index (χ1n) is 6.39. The summed E-state index contributed by atoms with van der Waals surface area (Å²) in [6.45, 7) is 7.78. The minimum Gasteiger partial charge on any atom is -0.457 e. The summed E-state index contributed by atoms with van der Waals surface area (Å²) in [4.78, 5) is 10.4. The van der Waals surface area contributed by atoms with Gasteiger partial charge in [0.2, 0.25) is 0 Å². The molecule has 0 saturated heterocycles. The summed E-state index contributed by atoms with van der Waals surface area (Å²) in [7, 11) is 0. The summed E-state index contributed by atoms with van der Waals surface area (Å²) in [6.07, 6.45) is 0. The Morgan fingerprint density at radius 3 is 2.15 bits per heavy atom. The third kappa shape index (κ3) is 2.79. The van der Waals surface area contributed by atoms with Crippen molar-refractivity contribution < 1.29 is 9.66 Å². The summed E-state index contributed by atoms with van der Waals surface area (Å²) in [5.41, 5.74) is 4.12. The maximum absolute atomic E-state index is 10.8. The second kappa shape index (κ2) is 5.33. The quantitative estimate of drug-likeness (QED) is 0.604. The lowest BCUT2D eigenvalue weighted by Crippen LogP contribution is -1.94. The second-order valence-corrected chi connectivity index (χ2v) is 5.01. The van der Waals surface area contributed by atoms with Crippen LogP contribution >= 0.6 is 0 Å². The molecule has 2 aromatic rings. The average molecular weight is 271 g/mol. The molecular formula is C16H17NO3. The number of hydrogen-bond acceptors (Lipinski definition) is 3. The van der Waals surface area contributed by atoms with E-state index in [9.17, 15) is 10.1 Å². The van der Waals surface area contributed by atoms with Crippen LogP contribution in [0.25, 0.3) is 0 Å². The molecule has 0 heterocycles. The highest BCUT2D eigenvalue weighted by Crippen LogP contribution is 2.30. The van der Waals surface area contributed by atoms with E-state index in [2.05, 4.69) is 13.0 Å². The van der Waals surface area contributed by atoms with Gasteiger partial charge in [0.25, 0.3) is 5.69 Å². The monoisotopic (exact) mass is 271 g/mol. The summed E-state index contributed by atoms with van der Waals surface area (Å²) in [5, 5.41) is 10.8. The molecular weight excluding hydrogens is 254 g/mol. The minimum atomic E-state index is -0.389. The molecule has 4 heteroatoms. The van der Waals surface area contributed by atoms with E-state index in [0.29, 0.717) is 11.3 Å². The summed E-state index contributed by atoms with van der Waals surface area (Å²) >= 11 is 0. The molecule has 20 heavy (non-hydrogen) atoms. The van der Waals surface area contributed by atoms with Crippen LogP contribution in [0.15, 0.2) is 30.3 Å². The van der Waals surface area contributed by atoms with Gasteiger partial charge in [0.05, 0.1) is 4.92 Å². The Kier molecular flexibility index (Phi) is 3.74. The van der Waals surface area contributed by atoms with Crippen molar-refractivity contribution in [3.8, 4) is 11.5 Å². The van der Waals surface area contributed by atoms with Gasteiger partial charge < -0.3 is 4.74 Å². The van der Waals surface area contributed by atoms with Gasteiger partial charge >= 0.3 is 0 Å². The van der Waals surface area contributed by atoms with Crippen LogP contribution in [0.2, 0.25) is 0 Å². The smallest absolute Gasteiger partial charge is 0.272 e. The lowest BCUT2D eigenvalue weighted by molar-refractivity contribution is -0.385. The van der Waals surface area contributed by atoms with E-state index < -0.39 is 0 Å². The van der Waals surface area contributed by atoms with Gasteiger partial charge in [-0.1, -0.05) is 6.07 Å². The molecule has 0 amide bonds. The molecule has 0 fully saturated rings. The molecule has 104 valence electrons. The van der Waals surface area contributed by atoms with Crippen molar-refractivity contribution in [2.45, 2.75) is 27.7 Å². The first kappa shape index (κ1) is 14.1. The first-order chi connectivity index (χ1) is 9.38. The van der Waals surface area contributed by atoms with Crippen molar-refractivity contribution in [1.82, 2.24) is 0 Å². The highest BCUT2D eigenvalue weighted by atomic mass is 16.6. The number of nitro groups is 1. The zero-order valence-electron chi connectivity index (χ0n) is 12.1. The lowest BCUT2D eigenvalue weighted by atomic mass is 10.1. The van der Waals surface area contributed by atoms with Crippen molar-refractivity contribution in [2.75, 3.05) is 0 Å². The van der Waals surface area contributed by atoms with Gasteiger partial charge in [0.1, 0.15) is 11.5 Å². The molecule has 0 spiro atoms. The zero-order chi connectivity index (χ0) is 14.9. The number of benzene rings is 2. The van der Waals surface area contributed by atoms with Gasteiger partial charge in [0.15, 0.2) is 0 Å². The Hall–Kier alpha value is -2.36. The molecule has 0 bridgehead atoms. The molecule has 0 aromatic heterocycles. The van der Waals surface area contributed by atoms with Crippen molar-refractivity contribution in [2.24, 2.45) is 0 Å². The van der Waals surface area contributed by atoms with Gasteiger partial charge in [-0.2, -0.15) is 0 Å². The number of nitro benzene ring substituents is 1. The maximum atomic E-state index is 10.8. The summed E-state index contributed by atoms with van der Waals surface area (Å²) in [6, 6.07) is 8.85. The van der Waals surface area contributed by atoms with Gasteiger partial charge in [-0.15, -0.1) is 0 Å². The Morgan fingerprint density at radius 1 is 0.900 bits per heavy atom. The predicted molar refractivity (Wildman–Crippen MR) is 78.6 cm³/mol. The highest BCUT2D eigenvalue weighted by molar-refractivity contribution is 5.47. The van der Waals surface area contributed by atoms with E-state index in [1.807, 2.05) is 19.9 Å². The molecule has 2 aromatic carbocycles. The van der Waals surface area contributed by atoms with Crippen molar-refractivity contribution >= 4 is 5.69 Å². The molecule has 0 N–H and O–H groups in total. The molecule has 0 aliphatic heterocycles. The van der Waals surface area contributed by atoms with Gasteiger partial charge in [-0.3, -0.25) is 10.1 Å². The van der Waals surface area contributed by atoms with Crippen LogP contribution in [0.5, 0.6) is 11.5 Å². The Morgan fingerprint density at radius 2 is 1.55 bits per heavy atom. The molecule has 0 saturated carbocycles. The van der Waals surface area contributed by atoms with Gasteiger partial charge in [-0.05, 0) is 62.6 Å². The molecule has 2 rings (SSSR count). The van der Waals surface area contributed by atoms with Gasteiger partial charge in [0, 0.05) is 11.6 Å². The van der Waals surface area contributed by atoms with Crippen molar-refractivity contribution in [3.05, 3.63) is 62.7 Å². The fourth-order valence-corrected chi connectivity index (χ4v) is 2.07. The number of ether oxygens (including phenoxy) is 1. The average Bonchev–Trinajstić information content (AvgIpc) is 2.35. The Labute approximate surface area is 118 Å². The standard InChI is InChI=1S/C16H17NO3/c1-10-7-13(4)16(9-11(10)2)20-14-5-6-15(17(18)19)12(3)8-14/h5-9H,1-4H3.